The zero-order valence-electron chi connectivity index (χ0n) is 11.6. The van der Waals surface area contributed by atoms with Gasteiger partial charge in [-0.05, 0) is 19.8 Å². The summed E-state index contributed by atoms with van der Waals surface area (Å²) in [6.45, 7) is 3.06. The number of carboxylic acids is 1. The Balaban J connectivity index is 2.47. The van der Waals surface area contributed by atoms with Crippen molar-refractivity contribution in [3.05, 3.63) is 0 Å². The number of ether oxygens (including phenoxy) is 2. The number of amides is 2. The summed E-state index contributed by atoms with van der Waals surface area (Å²) in [4.78, 5) is 24.4. The van der Waals surface area contributed by atoms with E-state index in [0.29, 0.717) is 13.1 Å². The highest BCUT2D eigenvalue weighted by molar-refractivity contribution is 5.77. The minimum Gasteiger partial charge on any atom is -0.479 e. The van der Waals surface area contributed by atoms with Crippen molar-refractivity contribution < 1.29 is 24.2 Å². The smallest absolute Gasteiger partial charge is 0.334 e. The van der Waals surface area contributed by atoms with Gasteiger partial charge in [-0.3, -0.25) is 0 Å². The quantitative estimate of drug-likeness (QED) is 0.752. The number of carbonyl (C=O) groups excluding carboxylic acids is 1. The summed E-state index contributed by atoms with van der Waals surface area (Å²) in [7, 11) is 2.93. The van der Waals surface area contributed by atoms with Crippen LogP contribution >= 0.6 is 0 Å². The number of hydrogen-bond acceptors (Lipinski definition) is 4. The van der Waals surface area contributed by atoms with Crippen LogP contribution < -0.4 is 5.32 Å². The van der Waals surface area contributed by atoms with Crippen molar-refractivity contribution in [1.82, 2.24) is 10.2 Å². The monoisotopic (exact) mass is 274 g/mol. The van der Waals surface area contributed by atoms with Gasteiger partial charge in [0.2, 0.25) is 0 Å². The Morgan fingerprint density at radius 2 is 2.16 bits per heavy atom. The molecule has 0 bridgehead atoms. The third-order valence-electron chi connectivity index (χ3n) is 3.44. The summed E-state index contributed by atoms with van der Waals surface area (Å²) in [6.07, 6.45) is 0.746. The predicted octanol–water partition coefficient (Wildman–Crippen LogP) is 0.297. The van der Waals surface area contributed by atoms with Gasteiger partial charge in [0, 0.05) is 20.8 Å². The molecule has 7 nitrogen and oxygen atoms in total. The highest BCUT2D eigenvalue weighted by Crippen LogP contribution is 2.23. The lowest BCUT2D eigenvalue weighted by atomic mass is 9.95. The number of carbonyl (C=O) groups is 2. The van der Waals surface area contributed by atoms with Crippen LogP contribution in [-0.4, -0.2) is 67.6 Å². The van der Waals surface area contributed by atoms with Gasteiger partial charge < -0.3 is 24.8 Å². The first-order valence-corrected chi connectivity index (χ1v) is 6.25. The second-order valence-electron chi connectivity index (χ2n) is 4.93. The zero-order chi connectivity index (χ0) is 14.5. The Labute approximate surface area is 112 Å². The van der Waals surface area contributed by atoms with Crippen molar-refractivity contribution in [2.24, 2.45) is 0 Å². The predicted molar refractivity (Wildman–Crippen MR) is 68.1 cm³/mol. The van der Waals surface area contributed by atoms with Gasteiger partial charge in [-0.15, -0.1) is 0 Å². The van der Waals surface area contributed by atoms with Crippen molar-refractivity contribution >= 4 is 12.0 Å². The zero-order valence-corrected chi connectivity index (χ0v) is 11.6. The van der Waals surface area contributed by atoms with E-state index < -0.39 is 12.1 Å². The normalized spacial score (nSPS) is 24.9. The van der Waals surface area contributed by atoms with E-state index in [9.17, 15) is 9.59 Å². The number of nitrogens with zero attached hydrogens (tertiary/aromatic N) is 1. The number of rotatable bonds is 5. The van der Waals surface area contributed by atoms with E-state index in [2.05, 4.69) is 5.32 Å². The molecule has 0 radical (unpaired) electrons. The van der Waals surface area contributed by atoms with Crippen LogP contribution in [0.2, 0.25) is 0 Å². The number of likely N-dealkylation sites (tertiary alicyclic amines) is 1. The molecule has 7 heteroatoms. The van der Waals surface area contributed by atoms with Crippen molar-refractivity contribution in [1.29, 1.82) is 0 Å². The van der Waals surface area contributed by atoms with Gasteiger partial charge in [0.1, 0.15) is 0 Å². The summed E-state index contributed by atoms with van der Waals surface area (Å²) in [5, 5.41) is 11.4. The van der Waals surface area contributed by atoms with Crippen molar-refractivity contribution in [2.75, 3.05) is 33.9 Å². The van der Waals surface area contributed by atoms with Crippen LogP contribution in [0.15, 0.2) is 0 Å². The highest BCUT2D eigenvalue weighted by Gasteiger charge is 2.33. The van der Waals surface area contributed by atoms with Gasteiger partial charge in [0.25, 0.3) is 0 Å². The molecule has 2 atom stereocenters. The maximum Gasteiger partial charge on any atom is 0.334 e. The van der Waals surface area contributed by atoms with E-state index in [1.807, 2.05) is 6.92 Å². The molecule has 0 spiro atoms. The largest absolute Gasteiger partial charge is 0.479 e. The topological polar surface area (TPSA) is 88.1 Å². The van der Waals surface area contributed by atoms with Crippen LogP contribution in [0, 0.1) is 0 Å². The SMILES string of the molecule is COC(CNC(=O)N1CCCC(C)(OC)C1)C(=O)O. The summed E-state index contributed by atoms with van der Waals surface area (Å²) in [6, 6.07) is -0.286. The van der Waals surface area contributed by atoms with E-state index in [4.69, 9.17) is 14.6 Å². The molecule has 1 rings (SSSR count). The number of urea groups is 1. The van der Waals surface area contributed by atoms with E-state index in [1.165, 1.54) is 7.11 Å². The van der Waals surface area contributed by atoms with Crippen molar-refractivity contribution in [2.45, 2.75) is 31.5 Å². The first kappa shape index (κ1) is 15.7. The second kappa shape index (κ2) is 6.72. The summed E-state index contributed by atoms with van der Waals surface area (Å²) < 4.78 is 10.2. The van der Waals surface area contributed by atoms with Gasteiger partial charge in [-0.1, -0.05) is 0 Å². The molecule has 0 aliphatic carbocycles. The Morgan fingerprint density at radius 3 is 2.68 bits per heavy atom. The first-order valence-electron chi connectivity index (χ1n) is 6.25. The standard InChI is InChI=1S/C12H22N2O5/c1-12(19-3)5-4-6-14(8-12)11(17)13-7-9(18-2)10(15)16/h9H,4-8H2,1-3H3,(H,13,17)(H,15,16). The number of methoxy groups -OCH3 is 2. The second-order valence-corrected chi connectivity index (χ2v) is 4.93. The molecule has 0 aromatic heterocycles. The lowest BCUT2D eigenvalue weighted by Crippen LogP contribution is -2.53. The summed E-state index contributed by atoms with van der Waals surface area (Å²) >= 11 is 0. The first-order chi connectivity index (χ1) is 8.91. The fourth-order valence-electron chi connectivity index (χ4n) is 2.11. The molecule has 0 aromatic rings. The van der Waals surface area contributed by atoms with E-state index >= 15 is 0 Å². The molecule has 1 aliphatic rings. The third-order valence-corrected chi connectivity index (χ3v) is 3.44. The molecule has 1 heterocycles. The van der Waals surface area contributed by atoms with Crippen LogP contribution in [0.25, 0.3) is 0 Å². The van der Waals surface area contributed by atoms with Crippen LogP contribution in [0.3, 0.4) is 0 Å². The molecule has 2 amide bonds. The Morgan fingerprint density at radius 1 is 1.47 bits per heavy atom. The maximum absolute atomic E-state index is 12.0. The van der Waals surface area contributed by atoms with Crippen LogP contribution in [0.1, 0.15) is 19.8 Å². The lowest BCUT2D eigenvalue weighted by molar-refractivity contribution is -0.148. The fraction of sp³-hybridized carbons (Fsp3) is 0.833. The number of nitrogens with one attached hydrogen (secondary N) is 1. The van der Waals surface area contributed by atoms with Gasteiger partial charge in [-0.2, -0.15) is 0 Å². The minimum atomic E-state index is -1.09. The molecule has 19 heavy (non-hydrogen) atoms. The lowest BCUT2D eigenvalue weighted by Gasteiger charge is -2.39. The summed E-state index contributed by atoms with van der Waals surface area (Å²) in [5.74, 6) is -1.09. The Kier molecular flexibility index (Phi) is 5.56. The molecular formula is C12H22N2O5. The van der Waals surface area contributed by atoms with E-state index in [1.54, 1.807) is 12.0 Å². The molecule has 2 unspecified atom stereocenters. The van der Waals surface area contributed by atoms with Crippen molar-refractivity contribution in [3.63, 3.8) is 0 Å². The number of carboxylic acid groups (broad SMARTS) is 1. The molecule has 0 saturated carbocycles. The molecule has 0 aromatic carbocycles. The van der Waals surface area contributed by atoms with Gasteiger partial charge >= 0.3 is 12.0 Å². The van der Waals surface area contributed by atoms with Crippen LogP contribution in [-0.2, 0) is 14.3 Å². The van der Waals surface area contributed by atoms with Crippen molar-refractivity contribution in [3.8, 4) is 0 Å². The van der Waals surface area contributed by atoms with Gasteiger partial charge in [0.05, 0.1) is 18.7 Å². The molecular weight excluding hydrogens is 252 g/mol. The van der Waals surface area contributed by atoms with E-state index in [-0.39, 0.29) is 18.2 Å². The highest BCUT2D eigenvalue weighted by atomic mass is 16.5. The van der Waals surface area contributed by atoms with E-state index in [0.717, 1.165) is 12.8 Å². The van der Waals surface area contributed by atoms with Gasteiger partial charge in [-0.25, -0.2) is 9.59 Å². The average molecular weight is 274 g/mol. The van der Waals surface area contributed by atoms with Crippen LogP contribution in [0.5, 0.6) is 0 Å². The van der Waals surface area contributed by atoms with Crippen LogP contribution in [0.4, 0.5) is 4.79 Å². The Bertz CT molecular complexity index is 336. The number of aliphatic carboxylic acids is 1. The number of hydrogen-bond donors (Lipinski definition) is 2. The average Bonchev–Trinajstić information content (AvgIpc) is 2.39. The molecule has 2 N–H and O–H groups in total. The maximum atomic E-state index is 12.0. The van der Waals surface area contributed by atoms with Gasteiger partial charge in [0.15, 0.2) is 6.10 Å². The third kappa shape index (κ3) is 4.36. The molecule has 1 saturated heterocycles. The molecule has 110 valence electrons. The summed E-state index contributed by atoms with van der Waals surface area (Å²) in [5.41, 5.74) is -0.330. The fourth-order valence-corrected chi connectivity index (χ4v) is 2.11. The molecule has 1 fully saturated rings. The minimum absolute atomic E-state index is 0.0507. The molecule has 1 aliphatic heterocycles. The Hall–Kier alpha value is -1.34. The number of piperidine rings is 1.